The molecule has 0 spiro atoms. The van der Waals surface area contributed by atoms with Gasteiger partial charge in [0.25, 0.3) is 16.1 Å². The minimum atomic E-state index is -4.32. The summed E-state index contributed by atoms with van der Waals surface area (Å²) in [6.07, 6.45) is 0. The molecule has 0 fully saturated rings. The SMILES string of the molecule is Cc1cc(C(C)Nc2ccc(Cl)nc2C(=O)NS(N)(=O)=O)c2oc(-c3ccccc3)c(C)c(=O)c2c1. The van der Waals surface area contributed by atoms with E-state index in [1.165, 1.54) is 12.1 Å². The van der Waals surface area contributed by atoms with E-state index in [2.05, 4.69) is 10.3 Å². The molecule has 4 N–H and O–H groups in total. The largest absolute Gasteiger partial charge is 0.455 e. The number of nitrogens with zero attached hydrogens (tertiary/aromatic N) is 1. The van der Waals surface area contributed by atoms with Gasteiger partial charge < -0.3 is 9.73 Å². The normalized spacial score (nSPS) is 12.4. The highest BCUT2D eigenvalue weighted by atomic mass is 35.5. The summed E-state index contributed by atoms with van der Waals surface area (Å²) in [5.41, 5.74) is 2.96. The molecule has 0 bridgehead atoms. The fourth-order valence-electron chi connectivity index (χ4n) is 3.97. The molecule has 4 aromatic rings. The van der Waals surface area contributed by atoms with E-state index >= 15 is 0 Å². The molecule has 1 amide bonds. The number of aromatic nitrogens is 1. The zero-order valence-electron chi connectivity index (χ0n) is 19.6. The first-order valence-electron chi connectivity index (χ1n) is 10.9. The van der Waals surface area contributed by atoms with Crippen LogP contribution in [0, 0.1) is 13.8 Å². The molecule has 0 aliphatic rings. The summed E-state index contributed by atoms with van der Waals surface area (Å²) in [5.74, 6) is -0.580. The number of nitrogens with two attached hydrogens (primary N) is 1. The van der Waals surface area contributed by atoms with Crippen LogP contribution in [0.15, 0.2) is 63.8 Å². The van der Waals surface area contributed by atoms with Crippen LogP contribution in [0.25, 0.3) is 22.3 Å². The van der Waals surface area contributed by atoms with Crippen molar-refractivity contribution in [2.75, 3.05) is 5.32 Å². The minimum absolute atomic E-state index is 0.0113. The molecule has 9 nitrogen and oxygen atoms in total. The molecular formula is C25H23ClN4O5S. The van der Waals surface area contributed by atoms with Crippen molar-refractivity contribution in [2.45, 2.75) is 26.8 Å². The first kappa shape index (κ1) is 25.4. The molecule has 0 saturated carbocycles. The second-order valence-corrected chi connectivity index (χ2v) is 10.0. The van der Waals surface area contributed by atoms with Gasteiger partial charge in [-0.2, -0.15) is 8.42 Å². The molecule has 11 heteroatoms. The molecule has 2 heterocycles. The lowest BCUT2D eigenvalue weighted by Gasteiger charge is -2.20. The van der Waals surface area contributed by atoms with Gasteiger partial charge in [0.15, 0.2) is 11.1 Å². The molecule has 2 aromatic heterocycles. The number of amides is 1. The second kappa shape index (κ2) is 9.73. The Morgan fingerprint density at radius 3 is 2.47 bits per heavy atom. The van der Waals surface area contributed by atoms with Crippen molar-refractivity contribution in [1.29, 1.82) is 0 Å². The van der Waals surface area contributed by atoms with E-state index < -0.39 is 22.2 Å². The molecule has 0 radical (unpaired) electrons. The maximum Gasteiger partial charge on any atom is 0.299 e. The summed E-state index contributed by atoms with van der Waals surface area (Å²) in [6.45, 7) is 5.41. The van der Waals surface area contributed by atoms with Gasteiger partial charge in [0.2, 0.25) is 0 Å². The summed E-state index contributed by atoms with van der Waals surface area (Å²) < 4.78 is 30.7. The Bertz CT molecular complexity index is 1650. The third kappa shape index (κ3) is 5.25. The molecule has 0 saturated heterocycles. The highest BCUT2D eigenvalue weighted by molar-refractivity contribution is 7.87. The highest BCUT2D eigenvalue weighted by Gasteiger charge is 2.22. The average molecular weight is 527 g/mol. The van der Waals surface area contributed by atoms with Crippen LogP contribution >= 0.6 is 11.6 Å². The standard InChI is InChI=1S/C25H23ClN4O5S/c1-13-11-17(15(3)28-19-9-10-20(26)29-21(19)25(32)30-36(27,33)34)24-18(12-13)22(31)14(2)23(35-24)16-7-5-4-6-8-16/h4-12,15,28H,1-3H3,(H,30,32)(H2,27,33,34). The molecule has 0 aliphatic heterocycles. The number of benzene rings is 2. The lowest BCUT2D eigenvalue weighted by Crippen LogP contribution is -2.36. The third-order valence-corrected chi connectivity index (χ3v) is 6.26. The van der Waals surface area contributed by atoms with E-state index in [1.807, 2.05) is 50.2 Å². The second-order valence-electron chi connectivity index (χ2n) is 8.35. The zero-order valence-corrected chi connectivity index (χ0v) is 21.2. The van der Waals surface area contributed by atoms with Crippen molar-refractivity contribution < 1.29 is 17.6 Å². The summed E-state index contributed by atoms with van der Waals surface area (Å²) in [5, 5.41) is 8.51. The Morgan fingerprint density at radius 2 is 1.81 bits per heavy atom. The van der Waals surface area contributed by atoms with Gasteiger partial charge in [0.1, 0.15) is 16.5 Å². The van der Waals surface area contributed by atoms with Crippen molar-refractivity contribution in [3.8, 4) is 11.3 Å². The van der Waals surface area contributed by atoms with Crippen molar-refractivity contribution in [2.24, 2.45) is 5.14 Å². The van der Waals surface area contributed by atoms with Crippen LogP contribution in [0.3, 0.4) is 0 Å². The molecule has 1 atom stereocenters. The molecule has 2 aromatic carbocycles. The fraction of sp³-hybridized carbons (Fsp3) is 0.160. The van der Waals surface area contributed by atoms with Gasteiger partial charge in [-0.15, -0.1) is 0 Å². The predicted molar refractivity (Wildman–Crippen MR) is 139 cm³/mol. The number of aryl methyl sites for hydroxylation is 1. The average Bonchev–Trinajstić information content (AvgIpc) is 2.81. The molecule has 186 valence electrons. The number of pyridine rings is 1. The van der Waals surface area contributed by atoms with E-state index in [4.69, 9.17) is 21.2 Å². The van der Waals surface area contributed by atoms with E-state index in [1.54, 1.807) is 17.7 Å². The summed E-state index contributed by atoms with van der Waals surface area (Å²) in [6, 6.07) is 15.4. The van der Waals surface area contributed by atoms with E-state index in [9.17, 15) is 18.0 Å². The Balaban J connectivity index is 1.83. The van der Waals surface area contributed by atoms with Gasteiger partial charge >= 0.3 is 0 Å². The van der Waals surface area contributed by atoms with E-state index in [0.29, 0.717) is 27.9 Å². The van der Waals surface area contributed by atoms with E-state index in [0.717, 1.165) is 11.1 Å². The highest BCUT2D eigenvalue weighted by Crippen LogP contribution is 2.32. The maximum absolute atomic E-state index is 13.3. The Labute approximate surface area is 212 Å². The third-order valence-electron chi connectivity index (χ3n) is 5.58. The van der Waals surface area contributed by atoms with Crippen LogP contribution in [0.5, 0.6) is 0 Å². The smallest absolute Gasteiger partial charge is 0.299 e. The molecule has 0 aliphatic carbocycles. The van der Waals surface area contributed by atoms with Crippen LogP contribution in [-0.4, -0.2) is 19.3 Å². The van der Waals surface area contributed by atoms with Crippen LogP contribution in [0.4, 0.5) is 5.69 Å². The first-order valence-corrected chi connectivity index (χ1v) is 12.8. The predicted octanol–water partition coefficient (Wildman–Crippen LogP) is 4.23. The van der Waals surface area contributed by atoms with Crippen LogP contribution < -0.4 is 20.6 Å². The quantitative estimate of drug-likeness (QED) is 0.319. The monoisotopic (exact) mass is 526 g/mol. The summed E-state index contributed by atoms with van der Waals surface area (Å²) in [7, 11) is -4.32. The first-order chi connectivity index (χ1) is 16.9. The van der Waals surface area contributed by atoms with Gasteiger partial charge in [-0.3, -0.25) is 9.59 Å². The number of halogens is 1. The minimum Gasteiger partial charge on any atom is -0.455 e. The van der Waals surface area contributed by atoms with Gasteiger partial charge in [-0.05, 0) is 44.5 Å². The number of carbonyl (C=O) groups is 1. The van der Waals surface area contributed by atoms with Crippen molar-refractivity contribution in [1.82, 2.24) is 9.71 Å². The number of hydrogen-bond acceptors (Lipinski definition) is 7. The fourth-order valence-corrected chi connectivity index (χ4v) is 4.47. The Morgan fingerprint density at radius 1 is 1.11 bits per heavy atom. The topological polar surface area (TPSA) is 144 Å². The number of hydrogen-bond donors (Lipinski definition) is 3. The number of carbonyl (C=O) groups excluding carboxylic acids is 1. The van der Waals surface area contributed by atoms with Gasteiger partial charge in [0, 0.05) is 16.7 Å². The Hall–Kier alpha value is -3.73. The van der Waals surface area contributed by atoms with E-state index in [-0.39, 0.29) is 22.0 Å². The summed E-state index contributed by atoms with van der Waals surface area (Å²) >= 11 is 5.94. The van der Waals surface area contributed by atoms with Crippen molar-refractivity contribution in [3.05, 3.63) is 92.4 Å². The van der Waals surface area contributed by atoms with Crippen LogP contribution in [0.2, 0.25) is 5.15 Å². The van der Waals surface area contributed by atoms with Crippen molar-refractivity contribution >= 4 is 44.4 Å². The number of fused-ring (bicyclic) bond motifs is 1. The lowest BCUT2D eigenvalue weighted by molar-refractivity contribution is 0.0977. The lowest BCUT2D eigenvalue weighted by atomic mass is 9.98. The van der Waals surface area contributed by atoms with Crippen LogP contribution in [0.1, 0.15) is 40.1 Å². The maximum atomic E-state index is 13.3. The number of rotatable bonds is 6. The Kier molecular flexibility index (Phi) is 6.85. The van der Waals surface area contributed by atoms with Crippen LogP contribution in [-0.2, 0) is 10.2 Å². The molecule has 4 rings (SSSR count). The van der Waals surface area contributed by atoms with Gasteiger partial charge in [-0.1, -0.05) is 48.0 Å². The van der Waals surface area contributed by atoms with Gasteiger partial charge in [-0.25, -0.2) is 14.8 Å². The van der Waals surface area contributed by atoms with Crippen molar-refractivity contribution in [3.63, 3.8) is 0 Å². The van der Waals surface area contributed by atoms with Gasteiger partial charge in [0.05, 0.1) is 17.1 Å². The zero-order chi connectivity index (χ0) is 26.2. The molecule has 1 unspecified atom stereocenters. The molecular weight excluding hydrogens is 504 g/mol. The summed E-state index contributed by atoms with van der Waals surface area (Å²) in [4.78, 5) is 29.8. The molecule has 36 heavy (non-hydrogen) atoms. The number of anilines is 1. The number of nitrogens with one attached hydrogen (secondary N) is 2.